The SMILES string of the molecule is CC(C)(C#Cc1cc(F)c(C(=O)N2CC(=O)N(O)C2c2cccc(Br)c2)c(F)c1)NS(N)(=O)=O. The highest BCUT2D eigenvalue weighted by Gasteiger charge is 2.43. The predicted molar refractivity (Wildman–Crippen MR) is 120 cm³/mol. The first-order valence-corrected chi connectivity index (χ1v) is 11.9. The van der Waals surface area contributed by atoms with E-state index >= 15 is 0 Å². The number of carbonyl (C=O) groups excluding carboxylic acids is 2. The molecule has 1 unspecified atom stereocenters. The highest BCUT2D eigenvalue weighted by molar-refractivity contribution is 9.10. The molecule has 1 aliphatic heterocycles. The molecule has 34 heavy (non-hydrogen) atoms. The third-order valence-electron chi connectivity index (χ3n) is 4.67. The summed E-state index contributed by atoms with van der Waals surface area (Å²) in [6, 6.07) is 8.00. The highest BCUT2D eigenvalue weighted by atomic mass is 79.9. The minimum absolute atomic E-state index is 0.166. The smallest absolute Gasteiger partial charge is 0.275 e. The van der Waals surface area contributed by atoms with Gasteiger partial charge in [-0.2, -0.15) is 18.2 Å². The van der Waals surface area contributed by atoms with Crippen LogP contribution in [0.5, 0.6) is 0 Å². The molecular weight excluding hydrogens is 538 g/mol. The molecule has 2 amide bonds. The maximum Gasteiger partial charge on any atom is 0.275 e. The number of benzene rings is 2. The van der Waals surface area contributed by atoms with Crippen molar-refractivity contribution in [2.75, 3.05) is 6.54 Å². The van der Waals surface area contributed by atoms with Crippen molar-refractivity contribution in [2.24, 2.45) is 5.14 Å². The van der Waals surface area contributed by atoms with Gasteiger partial charge in [0.2, 0.25) is 0 Å². The zero-order chi connectivity index (χ0) is 25.4. The van der Waals surface area contributed by atoms with Gasteiger partial charge in [0.15, 0.2) is 6.17 Å². The molecule has 2 aromatic carbocycles. The molecule has 1 heterocycles. The third kappa shape index (κ3) is 5.78. The lowest BCUT2D eigenvalue weighted by Gasteiger charge is -2.27. The van der Waals surface area contributed by atoms with Gasteiger partial charge in [-0.15, -0.1) is 0 Å². The van der Waals surface area contributed by atoms with Crippen molar-refractivity contribution in [1.29, 1.82) is 0 Å². The van der Waals surface area contributed by atoms with Crippen molar-refractivity contribution in [1.82, 2.24) is 14.7 Å². The van der Waals surface area contributed by atoms with E-state index in [0.29, 0.717) is 15.1 Å². The number of hydrogen-bond acceptors (Lipinski definition) is 5. The molecular formula is C21H19BrF2N4O5S. The number of nitrogens with one attached hydrogen (secondary N) is 1. The van der Waals surface area contributed by atoms with Crippen LogP contribution in [0.3, 0.4) is 0 Å². The van der Waals surface area contributed by atoms with Gasteiger partial charge < -0.3 is 4.90 Å². The highest BCUT2D eigenvalue weighted by Crippen LogP contribution is 2.33. The lowest BCUT2D eigenvalue weighted by Crippen LogP contribution is -2.45. The first-order valence-electron chi connectivity index (χ1n) is 9.60. The second-order valence-corrected chi connectivity index (χ2v) is 10.1. The number of hydrogen-bond donors (Lipinski definition) is 3. The van der Waals surface area contributed by atoms with Gasteiger partial charge in [0.1, 0.15) is 23.7 Å². The largest absolute Gasteiger partial charge is 0.302 e. The quantitative estimate of drug-likeness (QED) is 0.391. The number of nitrogens with zero attached hydrogens (tertiary/aromatic N) is 2. The maximum atomic E-state index is 14.8. The molecule has 0 spiro atoms. The summed E-state index contributed by atoms with van der Waals surface area (Å²) in [6.45, 7) is 2.19. The van der Waals surface area contributed by atoms with Gasteiger partial charge in [0, 0.05) is 10.0 Å². The van der Waals surface area contributed by atoms with Crippen LogP contribution in [0.15, 0.2) is 40.9 Å². The summed E-state index contributed by atoms with van der Waals surface area (Å²) in [5.41, 5.74) is -2.10. The Bertz CT molecular complexity index is 1320. The van der Waals surface area contributed by atoms with Crippen molar-refractivity contribution < 1.29 is 32.0 Å². The van der Waals surface area contributed by atoms with Gasteiger partial charge in [-0.25, -0.2) is 13.9 Å². The molecule has 0 radical (unpaired) electrons. The van der Waals surface area contributed by atoms with Gasteiger partial charge in [0.25, 0.3) is 22.0 Å². The topological polar surface area (TPSA) is 133 Å². The van der Waals surface area contributed by atoms with Crippen LogP contribution < -0.4 is 9.86 Å². The Kier molecular flexibility index (Phi) is 7.11. The second-order valence-electron chi connectivity index (χ2n) is 7.94. The fraction of sp³-hybridized carbons (Fsp3) is 0.238. The van der Waals surface area contributed by atoms with Gasteiger partial charge in [0.05, 0.1) is 5.54 Å². The van der Waals surface area contributed by atoms with E-state index in [1.807, 2.05) is 0 Å². The molecule has 180 valence electrons. The fourth-order valence-corrected chi connectivity index (χ4v) is 4.53. The number of hydroxylamine groups is 2. The van der Waals surface area contributed by atoms with Crippen molar-refractivity contribution >= 4 is 38.0 Å². The minimum Gasteiger partial charge on any atom is -0.302 e. The summed E-state index contributed by atoms with van der Waals surface area (Å²) in [7, 11) is -4.08. The number of carbonyl (C=O) groups is 2. The van der Waals surface area contributed by atoms with Gasteiger partial charge in [-0.3, -0.25) is 14.8 Å². The summed E-state index contributed by atoms with van der Waals surface area (Å²) in [4.78, 5) is 26.0. The number of nitrogens with two attached hydrogens (primary N) is 1. The van der Waals surface area contributed by atoms with Crippen LogP contribution in [-0.4, -0.2) is 47.5 Å². The molecule has 0 bridgehead atoms. The second kappa shape index (κ2) is 9.40. The summed E-state index contributed by atoms with van der Waals surface area (Å²) < 4.78 is 54.7. The molecule has 13 heteroatoms. The Morgan fingerprint density at radius 2 is 1.88 bits per heavy atom. The lowest BCUT2D eigenvalue weighted by atomic mass is 10.0. The zero-order valence-electron chi connectivity index (χ0n) is 17.8. The van der Waals surface area contributed by atoms with Crippen LogP contribution in [0.2, 0.25) is 0 Å². The molecule has 1 aliphatic rings. The van der Waals surface area contributed by atoms with E-state index in [9.17, 15) is 32.0 Å². The zero-order valence-corrected chi connectivity index (χ0v) is 20.2. The average molecular weight is 557 g/mol. The van der Waals surface area contributed by atoms with Crippen LogP contribution in [0.4, 0.5) is 8.78 Å². The van der Waals surface area contributed by atoms with Gasteiger partial charge in [-0.05, 0) is 43.7 Å². The predicted octanol–water partition coefficient (Wildman–Crippen LogP) is 2.02. The molecule has 1 saturated heterocycles. The molecule has 0 aromatic heterocycles. The van der Waals surface area contributed by atoms with Crippen molar-refractivity contribution in [3.63, 3.8) is 0 Å². The Labute approximate surface area is 202 Å². The normalized spacial score (nSPS) is 16.4. The van der Waals surface area contributed by atoms with E-state index in [1.165, 1.54) is 13.8 Å². The van der Waals surface area contributed by atoms with Gasteiger partial charge in [-0.1, -0.05) is 39.9 Å². The lowest BCUT2D eigenvalue weighted by molar-refractivity contribution is -0.168. The van der Waals surface area contributed by atoms with E-state index in [4.69, 9.17) is 5.14 Å². The van der Waals surface area contributed by atoms with Crippen LogP contribution >= 0.6 is 15.9 Å². The maximum absolute atomic E-state index is 14.8. The molecule has 1 atom stereocenters. The summed E-state index contributed by atoms with van der Waals surface area (Å²) in [6.07, 6.45) is -1.29. The molecule has 9 nitrogen and oxygen atoms in total. The van der Waals surface area contributed by atoms with Crippen LogP contribution in [0, 0.1) is 23.5 Å². The summed E-state index contributed by atoms with van der Waals surface area (Å²) in [5, 5.41) is 15.4. The first-order chi connectivity index (χ1) is 15.7. The third-order valence-corrected chi connectivity index (χ3v) is 5.96. The monoisotopic (exact) mass is 556 g/mol. The number of halogens is 3. The molecule has 1 fully saturated rings. The van der Waals surface area contributed by atoms with E-state index in [1.54, 1.807) is 24.3 Å². The molecule has 0 aliphatic carbocycles. The van der Waals surface area contributed by atoms with Crippen molar-refractivity contribution in [3.05, 3.63) is 69.2 Å². The average Bonchev–Trinajstić information content (AvgIpc) is 2.99. The summed E-state index contributed by atoms with van der Waals surface area (Å²) in [5.74, 6) is 0.459. The molecule has 4 N–H and O–H groups in total. The minimum atomic E-state index is -4.08. The van der Waals surface area contributed by atoms with Crippen LogP contribution in [-0.2, 0) is 15.0 Å². The number of amides is 2. The van der Waals surface area contributed by atoms with E-state index in [2.05, 4.69) is 32.5 Å². The standard InChI is InChI=1S/C21H19BrF2N4O5S/c1-21(2,26-34(25,32)33)7-6-12-8-15(23)18(16(24)9-12)20(30)27-11-17(29)28(31)19(27)13-4-3-5-14(22)10-13/h3-5,8-10,19,26,31H,11H2,1-2H3,(H2,25,32,33). The fourth-order valence-electron chi connectivity index (χ4n) is 3.35. The summed E-state index contributed by atoms with van der Waals surface area (Å²) >= 11 is 3.26. The van der Waals surface area contributed by atoms with Gasteiger partial charge >= 0.3 is 0 Å². The van der Waals surface area contributed by atoms with E-state index < -0.39 is 57.5 Å². The Morgan fingerprint density at radius 1 is 1.26 bits per heavy atom. The van der Waals surface area contributed by atoms with E-state index in [-0.39, 0.29) is 5.56 Å². The molecule has 3 rings (SSSR count). The Hall–Kier alpha value is -2.89. The van der Waals surface area contributed by atoms with Crippen molar-refractivity contribution in [3.8, 4) is 11.8 Å². The Morgan fingerprint density at radius 3 is 2.44 bits per heavy atom. The van der Waals surface area contributed by atoms with Crippen LogP contribution in [0.25, 0.3) is 0 Å². The Balaban J connectivity index is 1.95. The van der Waals surface area contributed by atoms with Crippen LogP contribution in [0.1, 0.15) is 41.5 Å². The van der Waals surface area contributed by atoms with E-state index in [0.717, 1.165) is 17.0 Å². The number of rotatable bonds is 4. The van der Waals surface area contributed by atoms with Crippen molar-refractivity contribution in [2.45, 2.75) is 25.6 Å². The molecule has 2 aromatic rings. The first kappa shape index (κ1) is 25.7. The molecule has 0 saturated carbocycles.